The van der Waals surface area contributed by atoms with Crippen LogP contribution >= 0.6 is 11.6 Å². The molecule has 0 bridgehead atoms. The van der Waals surface area contributed by atoms with E-state index in [2.05, 4.69) is 15.7 Å². The molecule has 0 saturated heterocycles. The molecule has 1 aromatic heterocycles. The zero-order chi connectivity index (χ0) is 22.2. The van der Waals surface area contributed by atoms with Crippen LogP contribution in [0.5, 0.6) is 5.75 Å². The minimum absolute atomic E-state index is 0.110. The number of hydrogen-bond donors (Lipinski definition) is 2. The highest BCUT2D eigenvalue weighted by Crippen LogP contribution is 2.43. The third kappa shape index (κ3) is 4.32. The number of aromatic nitrogens is 2. The van der Waals surface area contributed by atoms with Crippen molar-refractivity contribution in [1.82, 2.24) is 9.78 Å². The van der Waals surface area contributed by atoms with E-state index in [1.165, 1.54) is 13.2 Å². The van der Waals surface area contributed by atoms with Crippen molar-refractivity contribution in [3.05, 3.63) is 70.9 Å². The van der Waals surface area contributed by atoms with Crippen LogP contribution in [0, 0.1) is 0 Å². The summed E-state index contributed by atoms with van der Waals surface area (Å²) in [7, 11) is 1.52. The average Bonchev–Trinajstić information content (AvgIpc) is 3.18. The molecule has 31 heavy (non-hydrogen) atoms. The molecule has 0 spiro atoms. The van der Waals surface area contributed by atoms with Gasteiger partial charge in [0.2, 0.25) is 0 Å². The van der Waals surface area contributed by atoms with E-state index in [1.807, 2.05) is 0 Å². The second-order valence-electron chi connectivity index (χ2n) is 7.06. The van der Waals surface area contributed by atoms with Gasteiger partial charge in [0.15, 0.2) is 11.7 Å². The summed E-state index contributed by atoms with van der Waals surface area (Å²) >= 11 is 6.04. The average molecular weight is 451 g/mol. The van der Waals surface area contributed by atoms with Gasteiger partial charge in [-0.3, -0.25) is 4.79 Å². The normalized spacial score (nSPS) is 18.1. The largest absolute Gasteiger partial charge is 0.497 e. The van der Waals surface area contributed by atoms with Gasteiger partial charge in [-0.1, -0.05) is 35.9 Å². The van der Waals surface area contributed by atoms with Gasteiger partial charge < -0.3 is 15.4 Å². The third-order valence-electron chi connectivity index (χ3n) is 5.06. The zero-order valence-electron chi connectivity index (χ0n) is 16.3. The lowest BCUT2D eigenvalue weighted by molar-refractivity contribution is -0.173. The Bertz CT molecular complexity index is 1100. The predicted octanol–water partition coefficient (Wildman–Crippen LogP) is 5.46. The molecule has 6 nitrogen and oxygen atoms in total. The molecule has 2 heterocycles. The van der Waals surface area contributed by atoms with Gasteiger partial charge >= 0.3 is 6.18 Å². The number of anilines is 2. The van der Waals surface area contributed by atoms with Crippen molar-refractivity contribution >= 4 is 29.0 Å². The van der Waals surface area contributed by atoms with Crippen molar-refractivity contribution in [2.75, 3.05) is 17.7 Å². The minimum Gasteiger partial charge on any atom is -0.497 e. The molecular weight excluding hydrogens is 433 g/mol. The molecule has 2 atom stereocenters. The summed E-state index contributed by atoms with van der Waals surface area (Å²) in [6.45, 7) is 0. The summed E-state index contributed by atoms with van der Waals surface area (Å²) in [5.74, 6) is 0.0629. The van der Waals surface area contributed by atoms with E-state index in [0.29, 0.717) is 22.0 Å². The number of nitrogens with zero attached hydrogens (tertiary/aromatic N) is 2. The Morgan fingerprint density at radius 3 is 2.58 bits per heavy atom. The fourth-order valence-corrected chi connectivity index (χ4v) is 3.67. The van der Waals surface area contributed by atoms with Crippen LogP contribution in [-0.2, 0) is 0 Å². The van der Waals surface area contributed by atoms with Crippen LogP contribution in [0.3, 0.4) is 0 Å². The fourth-order valence-electron chi connectivity index (χ4n) is 3.49. The minimum atomic E-state index is -4.54. The second-order valence-corrected chi connectivity index (χ2v) is 7.46. The number of ether oxygens (including phenoxy) is 1. The molecule has 0 radical (unpaired) electrons. The molecule has 0 fully saturated rings. The Morgan fingerprint density at radius 1 is 1.23 bits per heavy atom. The zero-order valence-corrected chi connectivity index (χ0v) is 17.0. The van der Waals surface area contributed by atoms with Crippen LogP contribution in [0.15, 0.2) is 54.6 Å². The molecule has 2 N–H and O–H groups in total. The SMILES string of the molecule is COc1ccc([C@@H]2C[C@H](C(F)(F)F)n3nc(C(=O)Nc4ccccc4Cl)cc3N2)cc1. The van der Waals surface area contributed by atoms with Crippen LogP contribution in [0.1, 0.15) is 34.6 Å². The van der Waals surface area contributed by atoms with Crippen LogP contribution < -0.4 is 15.4 Å². The number of alkyl halides is 3. The lowest BCUT2D eigenvalue weighted by atomic mass is 9.97. The number of benzene rings is 2. The standard InChI is InChI=1S/C21H18ClF3N4O2/c1-31-13-8-6-12(7-9-13)16-10-18(21(23,24)25)29-19(26-16)11-17(28-29)20(30)27-15-5-3-2-4-14(15)22/h2-9,11,16,18,26H,10H2,1H3,(H,27,30)/t16-,18+/m0/s1. The first-order valence-corrected chi connectivity index (χ1v) is 9.76. The maximum Gasteiger partial charge on any atom is 0.410 e. The van der Waals surface area contributed by atoms with E-state index in [-0.39, 0.29) is 17.9 Å². The van der Waals surface area contributed by atoms with Gasteiger partial charge in [-0.2, -0.15) is 18.3 Å². The smallest absolute Gasteiger partial charge is 0.410 e. The summed E-state index contributed by atoms with van der Waals surface area (Å²) in [6, 6.07) is 12.2. The Kier molecular flexibility index (Phi) is 5.53. The molecule has 2 aromatic carbocycles. The summed E-state index contributed by atoms with van der Waals surface area (Å²) in [5.41, 5.74) is 0.869. The molecule has 1 aliphatic heterocycles. The lowest BCUT2D eigenvalue weighted by Gasteiger charge is -2.33. The van der Waals surface area contributed by atoms with E-state index in [1.54, 1.807) is 48.5 Å². The van der Waals surface area contributed by atoms with Gasteiger partial charge in [-0.25, -0.2) is 4.68 Å². The molecule has 1 aliphatic rings. The molecule has 3 aromatic rings. The molecule has 162 valence electrons. The van der Waals surface area contributed by atoms with Gasteiger partial charge in [0.05, 0.1) is 23.9 Å². The molecule has 0 unspecified atom stereocenters. The van der Waals surface area contributed by atoms with Crippen LogP contribution in [0.4, 0.5) is 24.7 Å². The van der Waals surface area contributed by atoms with Crippen LogP contribution in [-0.4, -0.2) is 29.0 Å². The number of halogens is 4. The monoisotopic (exact) mass is 450 g/mol. The maximum absolute atomic E-state index is 13.8. The van der Waals surface area contributed by atoms with Crippen molar-refractivity contribution in [3.63, 3.8) is 0 Å². The van der Waals surface area contributed by atoms with E-state index in [9.17, 15) is 18.0 Å². The molecule has 4 rings (SSSR count). The first-order chi connectivity index (χ1) is 14.8. The Hall–Kier alpha value is -3.20. The molecule has 0 aliphatic carbocycles. The highest BCUT2D eigenvalue weighted by molar-refractivity contribution is 6.33. The van der Waals surface area contributed by atoms with Gasteiger partial charge in [0.25, 0.3) is 5.91 Å². The van der Waals surface area contributed by atoms with Crippen molar-refractivity contribution in [2.24, 2.45) is 0 Å². The van der Waals surface area contributed by atoms with Gasteiger partial charge in [-0.05, 0) is 29.8 Å². The first-order valence-electron chi connectivity index (χ1n) is 9.39. The lowest BCUT2D eigenvalue weighted by Crippen LogP contribution is -2.35. The number of rotatable bonds is 4. The number of carbonyl (C=O) groups is 1. The van der Waals surface area contributed by atoms with Crippen LogP contribution in [0.2, 0.25) is 5.02 Å². The number of amides is 1. The number of methoxy groups -OCH3 is 1. The summed E-state index contributed by atoms with van der Waals surface area (Å²) in [4.78, 5) is 12.6. The summed E-state index contributed by atoms with van der Waals surface area (Å²) in [6.07, 6.45) is -4.81. The maximum atomic E-state index is 13.8. The summed E-state index contributed by atoms with van der Waals surface area (Å²) < 4.78 is 47.4. The Labute approximate surface area is 181 Å². The van der Waals surface area contributed by atoms with Gasteiger partial charge in [-0.15, -0.1) is 0 Å². The number of fused-ring (bicyclic) bond motifs is 1. The number of nitrogens with one attached hydrogen (secondary N) is 2. The van der Waals surface area contributed by atoms with E-state index < -0.39 is 24.2 Å². The van der Waals surface area contributed by atoms with Gasteiger partial charge in [0.1, 0.15) is 11.6 Å². The Morgan fingerprint density at radius 2 is 1.94 bits per heavy atom. The topological polar surface area (TPSA) is 68.2 Å². The third-order valence-corrected chi connectivity index (χ3v) is 5.39. The summed E-state index contributed by atoms with van der Waals surface area (Å²) in [5, 5.41) is 9.88. The highest BCUT2D eigenvalue weighted by atomic mass is 35.5. The number of hydrogen-bond acceptors (Lipinski definition) is 4. The van der Waals surface area contributed by atoms with Crippen LogP contribution in [0.25, 0.3) is 0 Å². The van der Waals surface area contributed by atoms with Gasteiger partial charge in [0, 0.05) is 12.5 Å². The number of para-hydroxylation sites is 1. The van der Waals surface area contributed by atoms with Crippen molar-refractivity contribution in [2.45, 2.75) is 24.7 Å². The fraction of sp³-hybridized carbons (Fsp3) is 0.238. The number of carbonyl (C=O) groups excluding carboxylic acids is 1. The second kappa shape index (κ2) is 8.14. The van der Waals surface area contributed by atoms with E-state index in [4.69, 9.17) is 16.3 Å². The van der Waals surface area contributed by atoms with Crippen molar-refractivity contribution in [1.29, 1.82) is 0 Å². The quantitative estimate of drug-likeness (QED) is 0.554. The highest BCUT2D eigenvalue weighted by Gasteiger charge is 2.46. The van der Waals surface area contributed by atoms with Crippen molar-refractivity contribution < 1.29 is 22.7 Å². The predicted molar refractivity (Wildman–Crippen MR) is 111 cm³/mol. The molecular formula is C21H18ClF3N4O2. The molecule has 10 heteroatoms. The van der Waals surface area contributed by atoms with Crippen molar-refractivity contribution in [3.8, 4) is 5.75 Å². The van der Waals surface area contributed by atoms with E-state index >= 15 is 0 Å². The Balaban J connectivity index is 1.64. The molecule has 1 amide bonds. The van der Waals surface area contributed by atoms with E-state index in [0.717, 1.165) is 4.68 Å². The first kappa shape index (κ1) is 21.0. The molecule has 0 saturated carbocycles.